The highest BCUT2D eigenvalue weighted by atomic mass is 16.3. The van der Waals surface area contributed by atoms with Crippen molar-refractivity contribution in [2.45, 2.75) is 32.7 Å². The fourth-order valence-electron chi connectivity index (χ4n) is 3.20. The van der Waals surface area contributed by atoms with Crippen LogP contribution >= 0.6 is 0 Å². The van der Waals surface area contributed by atoms with Crippen molar-refractivity contribution < 1.29 is 9.90 Å². The molecule has 2 amide bonds. The number of anilines is 1. The number of rotatable bonds is 6. The summed E-state index contributed by atoms with van der Waals surface area (Å²) in [5.41, 5.74) is 2.48. The Morgan fingerprint density at radius 2 is 1.76 bits per heavy atom. The maximum atomic E-state index is 12.8. The number of hydrogen-bond donors (Lipinski definition) is 3. The predicted molar refractivity (Wildman–Crippen MR) is 114 cm³/mol. The second-order valence-corrected chi connectivity index (χ2v) is 7.14. The second-order valence-electron chi connectivity index (χ2n) is 7.14. The minimum atomic E-state index is -0.408. The average molecular weight is 394 g/mol. The fourth-order valence-corrected chi connectivity index (χ4v) is 3.20. The molecule has 0 saturated heterocycles. The zero-order valence-electron chi connectivity index (χ0n) is 16.8. The van der Waals surface area contributed by atoms with Crippen LogP contribution < -0.4 is 16.2 Å². The molecular weight excluding hydrogens is 368 g/mol. The molecule has 0 aliphatic carbocycles. The molecule has 0 spiro atoms. The van der Waals surface area contributed by atoms with Crippen molar-refractivity contribution in [2.75, 3.05) is 5.32 Å². The summed E-state index contributed by atoms with van der Waals surface area (Å²) in [6.45, 7) is 3.71. The van der Waals surface area contributed by atoms with Crippen LogP contribution in [0.15, 0.2) is 59.4 Å². The lowest BCUT2D eigenvalue weighted by Gasteiger charge is -2.14. The molecule has 0 bridgehead atoms. The number of aromatic hydroxyl groups is 1. The molecule has 0 unspecified atom stereocenters. The third kappa shape index (κ3) is 4.68. The molecule has 152 valence electrons. The lowest BCUT2D eigenvalue weighted by Crippen LogP contribution is -2.37. The molecule has 0 aliphatic heterocycles. The first kappa shape index (κ1) is 20.3. The van der Waals surface area contributed by atoms with Crippen molar-refractivity contribution in [3.63, 3.8) is 0 Å². The van der Waals surface area contributed by atoms with Gasteiger partial charge in [-0.3, -0.25) is 9.48 Å². The van der Waals surface area contributed by atoms with E-state index in [1.54, 1.807) is 30.8 Å². The van der Waals surface area contributed by atoms with Crippen LogP contribution in [0.4, 0.5) is 10.5 Å². The van der Waals surface area contributed by atoms with E-state index in [1.165, 1.54) is 4.68 Å². The monoisotopic (exact) mass is 394 g/mol. The summed E-state index contributed by atoms with van der Waals surface area (Å²) in [6, 6.07) is 15.8. The molecule has 29 heavy (non-hydrogen) atoms. The molecular formula is C22H26N4O3. The smallest absolute Gasteiger partial charge is 0.319 e. The second kappa shape index (κ2) is 8.68. The SMILES string of the molecule is Cc1c(NC(=O)N[C@H](C)CCc2ccc(O)cc2)c(=O)n(-c2ccccc2)n1C. The Bertz CT molecular complexity index is 1040. The number of benzene rings is 2. The van der Waals surface area contributed by atoms with E-state index in [-0.39, 0.29) is 23.0 Å². The number of hydrogen-bond acceptors (Lipinski definition) is 3. The van der Waals surface area contributed by atoms with Gasteiger partial charge in [0.05, 0.1) is 11.4 Å². The van der Waals surface area contributed by atoms with Crippen LogP contribution in [-0.4, -0.2) is 26.5 Å². The van der Waals surface area contributed by atoms with E-state index in [9.17, 15) is 14.7 Å². The van der Waals surface area contributed by atoms with Crippen LogP contribution in [0.3, 0.4) is 0 Å². The molecule has 7 heteroatoms. The number of phenols is 1. The molecule has 0 saturated carbocycles. The Kier molecular flexibility index (Phi) is 6.07. The number of carbonyl (C=O) groups is 1. The van der Waals surface area contributed by atoms with Gasteiger partial charge in [-0.05, 0) is 56.5 Å². The molecule has 0 fully saturated rings. The van der Waals surface area contributed by atoms with Crippen LogP contribution in [0.5, 0.6) is 5.75 Å². The quantitative estimate of drug-likeness (QED) is 0.599. The molecule has 3 rings (SSSR count). The van der Waals surface area contributed by atoms with Crippen molar-refractivity contribution >= 4 is 11.7 Å². The predicted octanol–water partition coefficient (Wildman–Crippen LogP) is 3.33. The van der Waals surface area contributed by atoms with Gasteiger partial charge < -0.3 is 15.7 Å². The van der Waals surface area contributed by atoms with Gasteiger partial charge in [0.25, 0.3) is 5.56 Å². The number of aryl methyl sites for hydroxylation is 1. The number of amides is 2. The molecule has 3 N–H and O–H groups in total. The topological polar surface area (TPSA) is 88.3 Å². The highest BCUT2D eigenvalue weighted by molar-refractivity contribution is 5.89. The van der Waals surface area contributed by atoms with Crippen LogP contribution in [-0.2, 0) is 13.5 Å². The van der Waals surface area contributed by atoms with E-state index in [1.807, 2.05) is 49.4 Å². The molecule has 1 heterocycles. The van der Waals surface area contributed by atoms with Crippen LogP contribution in [0.2, 0.25) is 0 Å². The van der Waals surface area contributed by atoms with Gasteiger partial charge in [0.1, 0.15) is 11.4 Å². The van der Waals surface area contributed by atoms with E-state index in [2.05, 4.69) is 10.6 Å². The van der Waals surface area contributed by atoms with Crippen molar-refractivity contribution in [1.29, 1.82) is 0 Å². The van der Waals surface area contributed by atoms with Gasteiger partial charge in [0.15, 0.2) is 0 Å². The summed E-state index contributed by atoms with van der Waals surface area (Å²) in [5.74, 6) is 0.235. The van der Waals surface area contributed by atoms with E-state index in [4.69, 9.17) is 0 Å². The Morgan fingerprint density at radius 1 is 1.10 bits per heavy atom. The summed E-state index contributed by atoms with van der Waals surface area (Å²) in [6.07, 6.45) is 1.51. The van der Waals surface area contributed by atoms with Crippen molar-refractivity contribution in [1.82, 2.24) is 14.7 Å². The number of para-hydroxylation sites is 1. The zero-order chi connectivity index (χ0) is 21.0. The minimum absolute atomic E-state index is 0.0795. The third-order valence-electron chi connectivity index (χ3n) is 4.97. The molecule has 2 aromatic carbocycles. The zero-order valence-corrected chi connectivity index (χ0v) is 16.8. The first-order valence-corrected chi connectivity index (χ1v) is 9.56. The molecule has 0 aliphatic rings. The number of carbonyl (C=O) groups excluding carboxylic acids is 1. The standard InChI is InChI=1S/C22H26N4O3/c1-15(9-10-17-11-13-19(27)14-12-17)23-22(29)24-20-16(2)25(3)26(21(20)28)18-7-5-4-6-8-18/h4-8,11-15,27H,9-10H2,1-3H3,(H2,23,24,29)/t15-/m1/s1. The lowest BCUT2D eigenvalue weighted by molar-refractivity contribution is 0.248. The highest BCUT2D eigenvalue weighted by Crippen LogP contribution is 2.14. The fraction of sp³-hybridized carbons (Fsp3) is 0.273. The number of nitrogens with zero attached hydrogens (tertiary/aromatic N) is 2. The molecule has 3 aromatic rings. The summed E-state index contributed by atoms with van der Waals surface area (Å²) >= 11 is 0. The average Bonchev–Trinajstić information content (AvgIpc) is 2.91. The van der Waals surface area contributed by atoms with Crippen LogP contribution in [0.1, 0.15) is 24.6 Å². The Labute approximate surface area is 169 Å². The van der Waals surface area contributed by atoms with E-state index >= 15 is 0 Å². The number of phenolic OH excluding ortho intramolecular Hbond substituents is 1. The van der Waals surface area contributed by atoms with Crippen molar-refractivity contribution in [3.8, 4) is 11.4 Å². The third-order valence-corrected chi connectivity index (χ3v) is 4.97. The van der Waals surface area contributed by atoms with Gasteiger partial charge in [0, 0.05) is 13.1 Å². The van der Waals surface area contributed by atoms with Gasteiger partial charge in [-0.25, -0.2) is 9.48 Å². The largest absolute Gasteiger partial charge is 0.508 e. The van der Waals surface area contributed by atoms with E-state index in [0.29, 0.717) is 5.69 Å². The Hall–Kier alpha value is -3.48. The first-order valence-electron chi connectivity index (χ1n) is 9.56. The van der Waals surface area contributed by atoms with Crippen molar-refractivity contribution in [2.24, 2.45) is 7.05 Å². The number of nitrogens with one attached hydrogen (secondary N) is 2. The van der Waals surface area contributed by atoms with E-state index in [0.717, 1.165) is 24.1 Å². The number of aromatic nitrogens is 2. The lowest BCUT2D eigenvalue weighted by atomic mass is 10.1. The molecule has 1 atom stereocenters. The minimum Gasteiger partial charge on any atom is -0.508 e. The first-order chi connectivity index (χ1) is 13.9. The maximum Gasteiger partial charge on any atom is 0.319 e. The van der Waals surface area contributed by atoms with Crippen LogP contribution in [0, 0.1) is 6.92 Å². The van der Waals surface area contributed by atoms with Gasteiger partial charge >= 0.3 is 6.03 Å². The van der Waals surface area contributed by atoms with Crippen molar-refractivity contribution in [3.05, 3.63) is 76.2 Å². The summed E-state index contributed by atoms with van der Waals surface area (Å²) in [5, 5.41) is 14.9. The van der Waals surface area contributed by atoms with Gasteiger partial charge in [-0.2, -0.15) is 0 Å². The molecule has 1 aromatic heterocycles. The van der Waals surface area contributed by atoms with Crippen LogP contribution in [0.25, 0.3) is 5.69 Å². The molecule has 0 radical (unpaired) electrons. The summed E-state index contributed by atoms with van der Waals surface area (Å²) < 4.78 is 3.25. The normalized spacial score (nSPS) is 11.8. The molecule has 7 nitrogen and oxygen atoms in total. The van der Waals surface area contributed by atoms with E-state index < -0.39 is 6.03 Å². The maximum absolute atomic E-state index is 12.8. The number of urea groups is 1. The Balaban J connectivity index is 1.64. The summed E-state index contributed by atoms with van der Waals surface area (Å²) in [7, 11) is 1.78. The summed E-state index contributed by atoms with van der Waals surface area (Å²) in [4.78, 5) is 25.3. The van der Waals surface area contributed by atoms with Gasteiger partial charge in [-0.1, -0.05) is 30.3 Å². The highest BCUT2D eigenvalue weighted by Gasteiger charge is 2.18. The Morgan fingerprint density at radius 3 is 2.41 bits per heavy atom. The van der Waals surface area contributed by atoms with Gasteiger partial charge in [0.2, 0.25) is 0 Å². The van der Waals surface area contributed by atoms with Gasteiger partial charge in [-0.15, -0.1) is 0 Å².